The number of ether oxygens (including phenoxy) is 1. The molecular weight excluding hydrogens is 452 g/mol. The summed E-state index contributed by atoms with van der Waals surface area (Å²) < 4.78 is 6.13. The number of carbonyl (C=O) groups is 1. The Morgan fingerprint density at radius 1 is 1.03 bits per heavy atom. The highest BCUT2D eigenvalue weighted by molar-refractivity contribution is 7.14. The van der Waals surface area contributed by atoms with E-state index in [4.69, 9.17) is 21.3 Å². The van der Waals surface area contributed by atoms with Gasteiger partial charge in [-0.25, -0.2) is 4.98 Å². The first-order chi connectivity index (χ1) is 16.0. The summed E-state index contributed by atoms with van der Waals surface area (Å²) in [6.07, 6.45) is 0.861. The molecule has 0 amide bonds. The Bertz CT molecular complexity index is 1210. The summed E-state index contributed by atoms with van der Waals surface area (Å²) in [4.78, 5) is 18.1. The normalized spacial score (nSPS) is 10.9. The molecule has 0 spiro atoms. The Labute approximate surface area is 203 Å². The first-order valence-electron chi connectivity index (χ1n) is 10.8. The zero-order valence-electron chi connectivity index (χ0n) is 18.6. The third kappa shape index (κ3) is 5.81. The predicted molar refractivity (Wildman–Crippen MR) is 136 cm³/mol. The number of halogens is 1. The Morgan fingerprint density at radius 2 is 1.79 bits per heavy atom. The molecule has 168 valence electrons. The summed E-state index contributed by atoms with van der Waals surface area (Å²) >= 11 is 7.92. The molecule has 0 radical (unpaired) electrons. The van der Waals surface area contributed by atoms with Gasteiger partial charge in [0.15, 0.2) is 5.13 Å². The highest BCUT2D eigenvalue weighted by Crippen LogP contribution is 2.36. The maximum absolute atomic E-state index is 10.9. The summed E-state index contributed by atoms with van der Waals surface area (Å²) in [5.41, 5.74) is 4.61. The van der Waals surface area contributed by atoms with Crippen LogP contribution < -0.4 is 9.64 Å². The van der Waals surface area contributed by atoms with Crippen molar-refractivity contribution < 1.29 is 9.53 Å². The van der Waals surface area contributed by atoms with Crippen LogP contribution in [0.5, 0.6) is 5.75 Å². The zero-order valence-corrected chi connectivity index (χ0v) is 20.1. The van der Waals surface area contributed by atoms with Gasteiger partial charge in [-0.2, -0.15) is 0 Å². The fraction of sp³-hybridized carbons (Fsp3) is 0.185. The SMILES string of the molecule is CC(C)N(Cc1ccc(C=O)cc1)c1nc(-c2cc(Cl)ccc2OCc2ccccc2)cs1. The van der Waals surface area contributed by atoms with Crippen LogP contribution in [0.25, 0.3) is 11.3 Å². The molecule has 0 unspecified atom stereocenters. The van der Waals surface area contributed by atoms with Gasteiger partial charge in [-0.3, -0.25) is 4.79 Å². The third-order valence-electron chi connectivity index (χ3n) is 5.28. The van der Waals surface area contributed by atoms with Crippen molar-refractivity contribution in [3.8, 4) is 17.0 Å². The first-order valence-corrected chi connectivity index (χ1v) is 12.0. The van der Waals surface area contributed by atoms with E-state index in [0.29, 0.717) is 23.7 Å². The number of benzene rings is 3. The van der Waals surface area contributed by atoms with Crippen LogP contribution in [-0.2, 0) is 13.2 Å². The molecule has 0 aliphatic carbocycles. The zero-order chi connectivity index (χ0) is 23.2. The van der Waals surface area contributed by atoms with Crippen LogP contribution in [0.3, 0.4) is 0 Å². The van der Waals surface area contributed by atoms with Crippen LogP contribution in [0.4, 0.5) is 5.13 Å². The average molecular weight is 477 g/mol. The summed E-state index contributed by atoms with van der Waals surface area (Å²) in [6.45, 7) is 5.47. The molecule has 4 aromatic rings. The number of carbonyl (C=O) groups excluding carboxylic acids is 1. The average Bonchev–Trinajstić information content (AvgIpc) is 3.32. The van der Waals surface area contributed by atoms with Gasteiger partial charge >= 0.3 is 0 Å². The van der Waals surface area contributed by atoms with E-state index >= 15 is 0 Å². The highest BCUT2D eigenvalue weighted by atomic mass is 35.5. The standard InChI is InChI=1S/C27H25ClN2O2S/c1-19(2)30(15-20-8-10-21(16-31)11-9-20)27-29-25(18-33-27)24-14-23(28)12-13-26(24)32-17-22-6-4-3-5-7-22/h3-14,16,18-19H,15,17H2,1-2H3. The second-order valence-corrected chi connectivity index (χ2v) is 9.28. The van der Waals surface area contributed by atoms with Crippen LogP contribution in [-0.4, -0.2) is 17.3 Å². The summed E-state index contributed by atoms with van der Waals surface area (Å²) in [6, 6.07) is 23.6. The lowest BCUT2D eigenvalue weighted by Gasteiger charge is -2.26. The Balaban J connectivity index is 1.58. The maximum atomic E-state index is 10.9. The molecule has 0 aliphatic rings. The van der Waals surface area contributed by atoms with Gasteiger partial charge in [0.2, 0.25) is 0 Å². The summed E-state index contributed by atoms with van der Waals surface area (Å²) in [7, 11) is 0. The fourth-order valence-corrected chi connectivity index (χ4v) is 4.58. The number of nitrogens with zero attached hydrogens (tertiary/aromatic N) is 2. The Kier molecular flexibility index (Phi) is 7.43. The number of hydrogen-bond donors (Lipinski definition) is 0. The van der Waals surface area contributed by atoms with E-state index in [-0.39, 0.29) is 6.04 Å². The number of hydrogen-bond acceptors (Lipinski definition) is 5. The monoisotopic (exact) mass is 476 g/mol. The predicted octanol–water partition coefficient (Wildman–Crippen LogP) is 7.27. The molecule has 4 nitrogen and oxygen atoms in total. The molecule has 0 N–H and O–H groups in total. The second-order valence-electron chi connectivity index (χ2n) is 8.01. The second kappa shape index (κ2) is 10.6. The third-order valence-corrected chi connectivity index (χ3v) is 6.40. The molecule has 0 bridgehead atoms. The van der Waals surface area contributed by atoms with Gasteiger partial charge in [0.05, 0.1) is 5.69 Å². The van der Waals surface area contributed by atoms with Gasteiger partial charge in [-0.1, -0.05) is 66.2 Å². The van der Waals surface area contributed by atoms with Crippen molar-refractivity contribution in [2.45, 2.75) is 33.0 Å². The largest absolute Gasteiger partial charge is 0.488 e. The fourth-order valence-electron chi connectivity index (χ4n) is 3.45. The molecule has 3 aromatic carbocycles. The van der Waals surface area contributed by atoms with Crippen LogP contribution in [0, 0.1) is 0 Å². The summed E-state index contributed by atoms with van der Waals surface area (Å²) in [5.74, 6) is 0.751. The minimum Gasteiger partial charge on any atom is -0.488 e. The summed E-state index contributed by atoms with van der Waals surface area (Å²) in [5, 5.41) is 3.61. The van der Waals surface area contributed by atoms with Gasteiger partial charge in [0, 0.05) is 34.1 Å². The van der Waals surface area contributed by atoms with Crippen molar-refractivity contribution in [1.29, 1.82) is 0 Å². The lowest BCUT2D eigenvalue weighted by Crippen LogP contribution is -2.30. The molecule has 4 rings (SSSR count). The van der Waals surface area contributed by atoms with E-state index in [2.05, 4.69) is 18.7 Å². The molecule has 0 saturated carbocycles. The van der Waals surface area contributed by atoms with E-state index < -0.39 is 0 Å². The van der Waals surface area contributed by atoms with Crippen LogP contribution in [0.2, 0.25) is 5.02 Å². The van der Waals surface area contributed by atoms with E-state index in [1.54, 1.807) is 11.3 Å². The molecular formula is C27H25ClN2O2S. The van der Waals surface area contributed by atoms with Crippen LogP contribution in [0.15, 0.2) is 78.2 Å². The van der Waals surface area contributed by atoms with Crippen LogP contribution in [0.1, 0.15) is 35.3 Å². The molecule has 33 heavy (non-hydrogen) atoms. The van der Waals surface area contributed by atoms with E-state index in [1.165, 1.54) is 0 Å². The molecule has 1 aromatic heterocycles. The quantitative estimate of drug-likeness (QED) is 0.238. The first kappa shape index (κ1) is 23.0. The van der Waals surface area contributed by atoms with Gasteiger partial charge in [-0.05, 0) is 43.2 Å². The number of thiazole rings is 1. The Morgan fingerprint density at radius 3 is 2.48 bits per heavy atom. The molecule has 6 heteroatoms. The van der Waals surface area contributed by atoms with Crippen molar-refractivity contribution in [3.05, 3.63) is 99.9 Å². The van der Waals surface area contributed by atoms with Crippen molar-refractivity contribution >= 4 is 34.4 Å². The highest BCUT2D eigenvalue weighted by Gasteiger charge is 2.18. The molecule has 0 aliphatic heterocycles. The van der Waals surface area contributed by atoms with Crippen molar-refractivity contribution in [1.82, 2.24) is 4.98 Å². The van der Waals surface area contributed by atoms with Crippen molar-refractivity contribution in [2.75, 3.05) is 4.90 Å². The van der Waals surface area contributed by atoms with Crippen LogP contribution >= 0.6 is 22.9 Å². The van der Waals surface area contributed by atoms with Crippen molar-refractivity contribution in [3.63, 3.8) is 0 Å². The molecule has 0 saturated heterocycles. The number of rotatable bonds is 9. The number of aldehydes is 1. The van der Waals surface area contributed by atoms with E-state index in [0.717, 1.165) is 39.6 Å². The van der Waals surface area contributed by atoms with Gasteiger partial charge < -0.3 is 9.64 Å². The topological polar surface area (TPSA) is 42.4 Å². The number of anilines is 1. The minimum absolute atomic E-state index is 0.253. The smallest absolute Gasteiger partial charge is 0.186 e. The van der Waals surface area contributed by atoms with E-state index in [9.17, 15) is 4.79 Å². The minimum atomic E-state index is 0.253. The molecule has 0 atom stereocenters. The number of aromatic nitrogens is 1. The molecule has 1 heterocycles. The Hall–Kier alpha value is -3.15. The van der Waals surface area contributed by atoms with E-state index in [1.807, 2.05) is 78.2 Å². The van der Waals surface area contributed by atoms with Gasteiger partial charge in [-0.15, -0.1) is 11.3 Å². The maximum Gasteiger partial charge on any atom is 0.186 e. The van der Waals surface area contributed by atoms with Gasteiger partial charge in [0.1, 0.15) is 18.6 Å². The lowest BCUT2D eigenvalue weighted by molar-refractivity contribution is 0.112. The van der Waals surface area contributed by atoms with Crippen molar-refractivity contribution in [2.24, 2.45) is 0 Å². The lowest BCUT2D eigenvalue weighted by atomic mass is 10.1. The van der Waals surface area contributed by atoms with Gasteiger partial charge in [0.25, 0.3) is 0 Å². The molecule has 0 fully saturated rings.